The number of aryl methyl sites for hydroxylation is 1. The van der Waals surface area contributed by atoms with Crippen molar-refractivity contribution in [2.75, 3.05) is 9.71 Å². The highest BCUT2D eigenvalue weighted by atomic mass is 16.6. The fourth-order valence-electron chi connectivity index (χ4n) is 10.6. The maximum absolute atomic E-state index is 6.91. The largest absolute Gasteiger partial charge is 0.454 e. The third-order valence-corrected chi connectivity index (χ3v) is 13.3. The highest BCUT2D eigenvalue weighted by molar-refractivity contribution is 6.94. The summed E-state index contributed by atoms with van der Waals surface area (Å²) in [5.74, 6) is 2.75. The molecule has 0 fully saturated rings. The van der Waals surface area contributed by atoms with Crippen LogP contribution in [-0.4, -0.2) is 6.85 Å². The quantitative estimate of drug-likeness (QED) is 0.166. The molecule has 0 bridgehead atoms. The van der Waals surface area contributed by atoms with Gasteiger partial charge in [0, 0.05) is 44.9 Å². The van der Waals surface area contributed by atoms with Gasteiger partial charge in [-0.05, 0) is 117 Å². The van der Waals surface area contributed by atoms with E-state index in [4.69, 9.17) is 13.9 Å². The molecule has 0 amide bonds. The van der Waals surface area contributed by atoms with Gasteiger partial charge in [-0.2, -0.15) is 0 Å². The molecular weight excluding hydrogens is 771 g/mol. The van der Waals surface area contributed by atoms with Crippen LogP contribution in [0.4, 0.5) is 28.4 Å². The summed E-state index contributed by atoms with van der Waals surface area (Å²) < 4.78 is 20.4. The number of rotatable bonds is 3. The minimum absolute atomic E-state index is 0.298. The summed E-state index contributed by atoms with van der Waals surface area (Å²) in [5.41, 5.74) is 15.3. The van der Waals surface area contributed by atoms with Crippen LogP contribution < -0.4 is 30.1 Å². The summed E-state index contributed by atoms with van der Waals surface area (Å²) in [6.45, 7) is 1.93. The second-order valence-corrected chi connectivity index (χ2v) is 16.9. The summed E-state index contributed by atoms with van der Waals surface area (Å²) >= 11 is 0. The smallest absolute Gasteiger partial charge is 0.333 e. The number of anilines is 5. The number of furan rings is 1. The molecule has 0 saturated carbocycles. The molecular formula is C57H35BN2O3. The average Bonchev–Trinajstić information content (AvgIpc) is 3.72. The van der Waals surface area contributed by atoms with E-state index in [0.29, 0.717) is 23.0 Å². The Balaban J connectivity index is 1.13. The topological polar surface area (TPSA) is 38.1 Å². The van der Waals surface area contributed by atoms with Crippen molar-refractivity contribution in [3.05, 3.63) is 200 Å². The molecule has 0 aliphatic carbocycles. The van der Waals surface area contributed by atoms with Crippen LogP contribution in [0.1, 0.15) is 5.56 Å². The summed E-state index contributed by atoms with van der Waals surface area (Å²) in [5, 5.41) is 6.89. The second kappa shape index (κ2) is 12.9. The minimum Gasteiger partial charge on any atom is -0.454 e. The van der Waals surface area contributed by atoms with Crippen molar-refractivity contribution in [1.29, 1.82) is 0 Å². The zero-order valence-electron chi connectivity index (χ0n) is 34.2. The van der Waals surface area contributed by atoms with E-state index in [1.807, 2.05) is 30.3 Å². The van der Waals surface area contributed by atoms with Crippen LogP contribution in [0.5, 0.6) is 23.0 Å². The molecule has 0 radical (unpaired) electrons. The van der Waals surface area contributed by atoms with Crippen molar-refractivity contribution in [2.45, 2.75) is 6.92 Å². The van der Waals surface area contributed by atoms with Gasteiger partial charge >= 0.3 is 6.85 Å². The lowest BCUT2D eigenvalue weighted by Crippen LogP contribution is -2.61. The number of ether oxygens (including phenoxy) is 2. The third-order valence-electron chi connectivity index (χ3n) is 13.3. The van der Waals surface area contributed by atoms with Gasteiger partial charge in [-0.1, -0.05) is 127 Å². The first-order valence-corrected chi connectivity index (χ1v) is 21.5. The molecule has 0 saturated heterocycles. The van der Waals surface area contributed by atoms with E-state index >= 15 is 0 Å². The third kappa shape index (κ3) is 4.95. The van der Waals surface area contributed by atoms with Crippen LogP contribution in [0.15, 0.2) is 199 Å². The number of hydrogen-bond donors (Lipinski definition) is 0. The summed E-state index contributed by atoms with van der Waals surface area (Å²) in [7, 11) is 0. The van der Waals surface area contributed by atoms with E-state index in [-0.39, 0.29) is 6.85 Å². The van der Waals surface area contributed by atoms with Gasteiger partial charge in [0.25, 0.3) is 0 Å². The zero-order valence-corrected chi connectivity index (χ0v) is 34.2. The minimum atomic E-state index is -0.298. The van der Waals surface area contributed by atoms with E-state index < -0.39 is 0 Å². The van der Waals surface area contributed by atoms with E-state index in [1.54, 1.807) is 0 Å². The molecule has 0 spiro atoms. The van der Waals surface area contributed by atoms with Gasteiger partial charge in [-0.3, -0.25) is 0 Å². The second-order valence-electron chi connectivity index (χ2n) is 16.9. The molecule has 11 aromatic rings. The van der Waals surface area contributed by atoms with Crippen molar-refractivity contribution in [3.8, 4) is 45.3 Å². The molecule has 6 heteroatoms. The number of fused-ring (bicyclic) bond motifs is 12. The highest BCUT2D eigenvalue weighted by Gasteiger charge is 2.47. The number of nitrogens with zero attached hydrogens (tertiary/aromatic N) is 2. The van der Waals surface area contributed by atoms with Crippen LogP contribution in [0, 0.1) is 6.92 Å². The average molecular weight is 807 g/mol. The normalized spacial score (nSPS) is 13.3. The first-order valence-electron chi connectivity index (χ1n) is 21.5. The van der Waals surface area contributed by atoms with Gasteiger partial charge in [0.2, 0.25) is 0 Å². The van der Waals surface area contributed by atoms with Gasteiger partial charge in [0.1, 0.15) is 5.58 Å². The predicted molar refractivity (Wildman–Crippen MR) is 259 cm³/mol. The van der Waals surface area contributed by atoms with Crippen LogP contribution in [-0.2, 0) is 0 Å². The van der Waals surface area contributed by atoms with Crippen molar-refractivity contribution < 1.29 is 13.9 Å². The number of para-hydroxylation sites is 4. The Kier molecular flexibility index (Phi) is 7.06. The molecule has 1 aromatic heterocycles. The van der Waals surface area contributed by atoms with Crippen LogP contribution >= 0.6 is 0 Å². The van der Waals surface area contributed by atoms with Crippen molar-refractivity contribution in [1.82, 2.24) is 0 Å². The molecule has 3 aliphatic rings. The predicted octanol–water partition coefficient (Wildman–Crippen LogP) is 14.5. The molecule has 10 aromatic carbocycles. The monoisotopic (exact) mass is 806 g/mol. The lowest BCUT2D eigenvalue weighted by molar-refractivity contribution is 0.360. The Morgan fingerprint density at radius 2 is 1.10 bits per heavy atom. The Morgan fingerprint density at radius 1 is 0.429 bits per heavy atom. The highest BCUT2D eigenvalue weighted by Crippen LogP contribution is 2.54. The Hall–Kier alpha value is -8.22. The summed E-state index contributed by atoms with van der Waals surface area (Å²) in [6, 6.07) is 69.5. The Morgan fingerprint density at radius 3 is 1.90 bits per heavy atom. The summed E-state index contributed by atoms with van der Waals surface area (Å²) in [4.78, 5) is 5.03. The molecule has 0 N–H and O–H groups in total. The summed E-state index contributed by atoms with van der Waals surface area (Å²) in [6.07, 6.45) is 0. The van der Waals surface area contributed by atoms with Crippen LogP contribution in [0.2, 0.25) is 0 Å². The molecule has 0 unspecified atom stereocenters. The van der Waals surface area contributed by atoms with E-state index in [2.05, 4.69) is 180 Å². The molecule has 63 heavy (non-hydrogen) atoms. The molecule has 5 nitrogen and oxygen atoms in total. The molecule has 294 valence electrons. The van der Waals surface area contributed by atoms with Crippen molar-refractivity contribution in [3.63, 3.8) is 0 Å². The van der Waals surface area contributed by atoms with Crippen LogP contribution in [0.25, 0.3) is 65.7 Å². The molecule has 14 rings (SSSR count). The lowest BCUT2D eigenvalue weighted by Gasteiger charge is -2.46. The van der Waals surface area contributed by atoms with E-state index in [0.717, 1.165) is 61.4 Å². The fraction of sp³-hybridized carbons (Fsp3) is 0.0175. The van der Waals surface area contributed by atoms with Crippen LogP contribution in [0.3, 0.4) is 0 Å². The van der Waals surface area contributed by atoms with Gasteiger partial charge in [-0.25, -0.2) is 0 Å². The fourth-order valence-corrected chi connectivity index (χ4v) is 10.6. The molecule has 0 atom stereocenters. The van der Waals surface area contributed by atoms with E-state index in [9.17, 15) is 0 Å². The Labute approximate surface area is 363 Å². The van der Waals surface area contributed by atoms with Gasteiger partial charge < -0.3 is 23.6 Å². The molecule has 3 aliphatic heterocycles. The standard InChI is InChI=1S/C57H35BN2O3/c1-34-28-38(35-14-3-2-4-15-35)26-27-46(34)59-49-33-54-53(61-51-24-11-12-25-52(51)62-54)32-45(49)58-55-44(30-39-18-7-8-19-40(39)56(55)59)43-29-36-16-5-6-17-37(36)31-48(43)60(58)47-22-13-21-42-41-20-9-10-23-50(41)63-57(42)47/h2-33H,1H3. The van der Waals surface area contributed by atoms with Gasteiger partial charge in [-0.15, -0.1) is 0 Å². The first-order chi connectivity index (χ1) is 31.1. The number of benzene rings is 10. The SMILES string of the molecule is Cc1cc(-c2ccccc2)ccc1N1c2cc3c(cc2B2c4c(cc5ccccc5c41)-c1cc4ccccc4cc1N2c1cccc2c1oc1ccccc12)Oc1ccccc1O3. The van der Waals surface area contributed by atoms with E-state index in [1.165, 1.54) is 49.3 Å². The zero-order chi connectivity index (χ0) is 41.3. The number of hydrogen-bond acceptors (Lipinski definition) is 5. The first kappa shape index (κ1) is 34.5. The maximum Gasteiger partial charge on any atom is 0.333 e. The van der Waals surface area contributed by atoms with Gasteiger partial charge in [0.05, 0.1) is 11.4 Å². The lowest BCUT2D eigenvalue weighted by atomic mass is 9.43. The Bertz CT molecular complexity index is 3750. The molecule has 4 heterocycles. The van der Waals surface area contributed by atoms with Crippen molar-refractivity contribution >= 4 is 89.7 Å². The van der Waals surface area contributed by atoms with Crippen molar-refractivity contribution in [2.24, 2.45) is 0 Å². The van der Waals surface area contributed by atoms with Gasteiger partial charge in [0.15, 0.2) is 28.6 Å². The maximum atomic E-state index is 6.91.